The van der Waals surface area contributed by atoms with Crippen LogP contribution in [0.15, 0.2) is 17.1 Å². The fourth-order valence-corrected chi connectivity index (χ4v) is 2.35. The van der Waals surface area contributed by atoms with E-state index >= 15 is 0 Å². The zero-order valence-electron chi connectivity index (χ0n) is 12.4. The molecule has 9 heteroatoms. The third-order valence-corrected chi connectivity index (χ3v) is 3.78. The molecule has 0 fully saturated rings. The first-order valence-electron chi connectivity index (χ1n) is 7.16. The van der Waals surface area contributed by atoms with Gasteiger partial charge in [0.1, 0.15) is 18.3 Å². The smallest absolute Gasteiger partial charge is 0.181 e. The van der Waals surface area contributed by atoms with Gasteiger partial charge < -0.3 is 25.5 Å². The van der Waals surface area contributed by atoms with Gasteiger partial charge in [0.2, 0.25) is 0 Å². The van der Waals surface area contributed by atoms with Crippen LogP contribution in [0.5, 0.6) is 0 Å². The number of nitrogens with zero attached hydrogens (tertiary/aromatic N) is 1. The van der Waals surface area contributed by atoms with Crippen molar-refractivity contribution in [1.29, 1.82) is 0 Å². The zero-order chi connectivity index (χ0) is 18.0. The van der Waals surface area contributed by atoms with Crippen molar-refractivity contribution in [3.05, 3.63) is 29.3 Å². The van der Waals surface area contributed by atoms with Crippen molar-refractivity contribution in [1.82, 2.24) is 0 Å². The number of carbonyl (C=O) groups is 1. The molecule has 0 saturated heterocycles. The van der Waals surface area contributed by atoms with E-state index in [1.807, 2.05) is 0 Å². The van der Waals surface area contributed by atoms with Crippen LogP contribution in [0, 0.1) is 11.6 Å². The van der Waals surface area contributed by atoms with Gasteiger partial charge in [-0.25, -0.2) is 13.8 Å². The summed E-state index contributed by atoms with van der Waals surface area (Å²) in [5.41, 5.74) is 0.0697. The normalized spacial score (nSPS) is 19.3. The number of halogens is 2. The van der Waals surface area contributed by atoms with Gasteiger partial charge in [0.05, 0.1) is 24.1 Å². The summed E-state index contributed by atoms with van der Waals surface area (Å²) in [6, 6.07) is 1.69. The van der Waals surface area contributed by atoms with E-state index in [4.69, 9.17) is 5.11 Å². The van der Waals surface area contributed by atoms with Crippen molar-refractivity contribution in [2.75, 3.05) is 6.61 Å². The van der Waals surface area contributed by atoms with E-state index in [0.29, 0.717) is 0 Å². The third-order valence-electron chi connectivity index (χ3n) is 3.78. The number of rotatable bonds is 6. The van der Waals surface area contributed by atoms with Crippen LogP contribution in [-0.4, -0.2) is 68.1 Å². The number of fused-ring (bicyclic) bond motifs is 1. The molecule has 1 aliphatic heterocycles. The molecule has 4 atom stereocenters. The number of aliphatic imine (C=N–C) groups is 1. The van der Waals surface area contributed by atoms with Gasteiger partial charge in [-0.05, 0) is 11.6 Å². The lowest BCUT2D eigenvalue weighted by molar-refractivity contribution is -0.116. The molecular formula is C15H17F2NO6. The summed E-state index contributed by atoms with van der Waals surface area (Å²) in [6.45, 7) is -0.830. The van der Waals surface area contributed by atoms with Crippen molar-refractivity contribution in [2.45, 2.75) is 37.3 Å². The summed E-state index contributed by atoms with van der Waals surface area (Å²) in [6.07, 6.45) is -7.70. The number of benzene rings is 1. The quantitative estimate of drug-likeness (QED) is 0.449. The van der Waals surface area contributed by atoms with E-state index in [9.17, 15) is 34.0 Å². The summed E-state index contributed by atoms with van der Waals surface area (Å²) >= 11 is 0. The van der Waals surface area contributed by atoms with E-state index in [1.54, 1.807) is 0 Å². The minimum absolute atomic E-state index is 0.0427. The van der Waals surface area contributed by atoms with Gasteiger partial charge in [-0.15, -0.1) is 0 Å². The monoisotopic (exact) mass is 345 g/mol. The minimum atomic E-state index is -1.84. The molecular weight excluding hydrogens is 328 g/mol. The highest BCUT2D eigenvalue weighted by molar-refractivity contribution is 6.41. The molecule has 132 valence electrons. The number of Topliss-reactive ketones (excluding diaryl/α,β-unsaturated/α-hetero) is 1. The predicted octanol–water partition coefficient (Wildman–Crippen LogP) is -1.01. The van der Waals surface area contributed by atoms with Gasteiger partial charge in [0.25, 0.3) is 0 Å². The molecule has 0 radical (unpaired) electrons. The van der Waals surface area contributed by atoms with Crippen molar-refractivity contribution in [2.24, 2.45) is 4.99 Å². The molecule has 1 heterocycles. The van der Waals surface area contributed by atoms with Crippen molar-refractivity contribution in [3.63, 3.8) is 0 Å². The molecule has 1 aliphatic rings. The van der Waals surface area contributed by atoms with Crippen LogP contribution in [0.1, 0.15) is 12.0 Å². The highest BCUT2D eigenvalue weighted by Gasteiger charge is 2.33. The number of carbonyl (C=O) groups excluding carboxylic acids is 1. The first-order chi connectivity index (χ1) is 11.2. The fraction of sp³-hybridized carbons (Fsp3) is 0.467. The predicted molar refractivity (Wildman–Crippen MR) is 77.9 cm³/mol. The highest BCUT2D eigenvalue weighted by atomic mass is 19.2. The molecule has 7 nitrogen and oxygen atoms in total. The van der Waals surface area contributed by atoms with Gasteiger partial charge in [-0.2, -0.15) is 0 Å². The van der Waals surface area contributed by atoms with Gasteiger partial charge >= 0.3 is 0 Å². The van der Waals surface area contributed by atoms with E-state index in [0.717, 1.165) is 12.1 Å². The van der Waals surface area contributed by atoms with E-state index in [1.165, 1.54) is 0 Å². The van der Waals surface area contributed by atoms with Crippen molar-refractivity contribution in [3.8, 4) is 0 Å². The largest absolute Gasteiger partial charge is 0.394 e. The molecule has 1 unspecified atom stereocenters. The summed E-state index contributed by atoms with van der Waals surface area (Å²) in [5.74, 6) is -2.78. The average Bonchev–Trinajstić information content (AvgIpc) is 2.55. The van der Waals surface area contributed by atoms with Crippen LogP contribution >= 0.6 is 0 Å². The van der Waals surface area contributed by atoms with Crippen molar-refractivity contribution >= 4 is 17.2 Å². The Hall–Kier alpha value is -1.78. The number of ketones is 1. The minimum Gasteiger partial charge on any atom is -0.394 e. The summed E-state index contributed by atoms with van der Waals surface area (Å²) in [4.78, 5) is 15.9. The Bertz CT molecular complexity index is 666. The summed E-state index contributed by atoms with van der Waals surface area (Å²) in [7, 11) is 0. The number of aliphatic hydroxyl groups is 5. The maximum Gasteiger partial charge on any atom is 0.181 e. The third kappa shape index (κ3) is 3.82. The second-order valence-corrected chi connectivity index (χ2v) is 5.56. The molecule has 1 aromatic carbocycles. The lowest BCUT2D eigenvalue weighted by Gasteiger charge is -2.26. The molecule has 0 bridgehead atoms. The molecule has 0 aliphatic carbocycles. The van der Waals surface area contributed by atoms with Crippen LogP contribution < -0.4 is 0 Å². The Labute approximate surface area is 135 Å². The maximum atomic E-state index is 13.3. The lowest BCUT2D eigenvalue weighted by Crippen LogP contribution is -2.47. The second kappa shape index (κ2) is 7.41. The Morgan fingerprint density at radius 2 is 1.62 bits per heavy atom. The Morgan fingerprint density at radius 3 is 2.25 bits per heavy atom. The number of aliphatic hydroxyl groups excluding tert-OH is 5. The second-order valence-electron chi connectivity index (χ2n) is 5.56. The van der Waals surface area contributed by atoms with E-state index in [-0.39, 0.29) is 23.4 Å². The van der Waals surface area contributed by atoms with Gasteiger partial charge in [0.15, 0.2) is 17.4 Å². The number of hydrogen-bond donors (Lipinski definition) is 5. The zero-order valence-corrected chi connectivity index (χ0v) is 12.4. The van der Waals surface area contributed by atoms with Crippen LogP contribution in [0.3, 0.4) is 0 Å². The molecule has 5 N–H and O–H groups in total. The SMILES string of the molecule is O=C1Cc2cc(F)c(F)cc2N=C1C[C@@H](O)[C@@H](O)C(O)[C@H](O)CO. The summed E-state index contributed by atoms with van der Waals surface area (Å²) in [5, 5.41) is 47.1. The first-order valence-corrected chi connectivity index (χ1v) is 7.16. The topological polar surface area (TPSA) is 131 Å². The Kier molecular flexibility index (Phi) is 5.73. The van der Waals surface area contributed by atoms with Crippen LogP contribution in [0.4, 0.5) is 14.5 Å². The van der Waals surface area contributed by atoms with E-state index in [2.05, 4.69) is 4.99 Å². The molecule has 0 amide bonds. The van der Waals surface area contributed by atoms with Crippen LogP contribution in [-0.2, 0) is 11.2 Å². The van der Waals surface area contributed by atoms with Gasteiger partial charge in [0, 0.05) is 18.9 Å². The Balaban J connectivity index is 2.18. The molecule has 2 rings (SSSR count). The summed E-state index contributed by atoms with van der Waals surface area (Å²) < 4.78 is 26.4. The van der Waals surface area contributed by atoms with E-state index < -0.39 is 54.9 Å². The molecule has 24 heavy (non-hydrogen) atoms. The fourth-order valence-electron chi connectivity index (χ4n) is 2.35. The molecule has 0 saturated carbocycles. The molecule has 0 aromatic heterocycles. The van der Waals surface area contributed by atoms with Crippen LogP contribution in [0.2, 0.25) is 0 Å². The van der Waals surface area contributed by atoms with Crippen LogP contribution in [0.25, 0.3) is 0 Å². The standard InChI is InChI=1S/C15H17F2NO6/c16-7-1-6-2-11(20)10(18-9(6)3-8(7)17)4-12(21)14(23)15(24)13(22)5-19/h1,3,12-15,19,21-24H,2,4-5H2/t12-,13-,14-,15?/m1/s1. The average molecular weight is 345 g/mol. The lowest BCUT2D eigenvalue weighted by atomic mass is 9.93. The highest BCUT2D eigenvalue weighted by Crippen LogP contribution is 2.28. The van der Waals surface area contributed by atoms with Gasteiger partial charge in [-0.3, -0.25) is 4.79 Å². The maximum absolute atomic E-state index is 13.3. The number of hydrogen-bond acceptors (Lipinski definition) is 7. The van der Waals surface area contributed by atoms with Crippen molar-refractivity contribution < 1.29 is 39.1 Å². The Morgan fingerprint density at radius 1 is 1.04 bits per heavy atom. The van der Waals surface area contributed by atoms with Gasteiger partial charge in [-0.1, -0.05) is 0 Å². The molecule has 0 spiro atoms. The molecule has 1 aromatic rings. The first kappa shape index (κ1) is 18.6.